The Morgan fingerprint density at radius 3 is 2.60 bits per heavy atom. The molecule has 1 aromatic carbocycles. The lowest BCUT2D eigenvalue weighted by molar-refractivity contribution is 0.0863. The van der Waals surface area contributed by atoms with Crippen LogP contribution >= 0.6 is 0 Å². The van der Waals surface area contributed by atoms with Crippen LogP contribution in [0, 0.1) is 13.8 Å². The number of benzene rings is 1. The molecule has 4 nitrogen and oxygen atoms in total. The van der Waals surface area contributed by atoms with E-state index in [2.05, 4.69) is 11.4 Å². The number of aliphatic hydroxyl groups excluding tert-OH is 2. The largest absolute Gasteiger partial charge is 0.491 e. The van der Waals surface area contributed by atoms with Crippen molar-refractivity contribution >= 4 is 0 Å². The van der Waals surface area contributed by atoms with Gasteiger partial charge in [-0.25, -0.2) is 0 Å². The highest BCUT2D eigenvalue weighted by Crippen LogP contribution is 2.18. The van der Waals surface area contributed by atoms with Crippen molar-refractivity contribution < 1.29 is 14.9 Å². The molecule has 0 fully saturated rings. The second-order valence-electron chi connectivity index (χ2n) is 5.69. The SMILES string of the molecule is CCC(C)(CO)NCC(O)COc1ccc(C)cc1C. The first-order valence-electron chi connectivity index (χ1n) is 7.14. The van der Waals surface area contributed by atoms with Gasteiger partial charge in [0.1, 0.15) is 18.5 Å². The van der Waals surface area contributed by atoms with E-state index in [0.29, 0.717) is 6.54 Å². The van der Waals surface area contributed by atoms with Crippen LogP contribution in [-0.2, 0) is 0 Å². The normalized spacial score (nSPS) is 15.7. The number of hydrogen-bond donors (Lipinski definition) is 3. The highest BCUT2D eigenvalue weighted by atomic mass is 16.5. The molecule has 0 bridgehead atoms. The van der Waals surface area contributed by atoms with Crippen LogP contribution < -0.4 is 10.1 Å². The molecule has 0 aromatic heterocycles. The smallest absolute Gasteiger partial charge is 0.122 e. The van der Waals surface area contributed by atoms with Crippen molar-refractivity contribution in [2.45, 2.75) is 45.8 Å². The standard InChI is InChI=1S/C16H27NO3/c1-5-16(4,11-18)17-9-14(19)10-20-15-7-6-12(2)8-13(15)3/h6-8,14,17-19H,5,9-11H2,1-4H3. The zero-order chi connectivity index (χ0) is 15.2. The van der Waals surface area contributed by atoms with E-state index in [4.69, 9.17) is 4.74 Å². The van der Waals surface area contributed by atoms with Gasteiger partial charge in [-0.1, -0.05) is 24.6 Å². The summed E-state index contributed by atoms with van der Waals surface area (Å²) in [7, 11) is 0. The van der Waals surface area contributed by atoms with Gasteiger partial charge in [0.05, 0.1) is 6.61 Å². The summed E-state index contributed by atoms with van der Waals surface area (Å²) in [6, 6.07) is 5.97. The molecule has 2 unspecified atom stereocenters. The Morgan fingerprint density at radius 1 is 1.35 bits per heavy atom. The molecule has 3 N–H and O–H groups in total. The highest BCUT2D eigenvalue weighted by Gasteiger charge is 2.21. The quantitative estimate of drug-likeness (QED) is 0.680. The zero-order valence-electron chi connectivity index (χ0n) is 12.9. The number of hydrogen-bond acceptors (Lipinski definition) is 4. The summed E-state index contributed by atoms with van der Waals surface area (Å²) < 4.78 is 5.63. The Hall–Kier alpha value is -1.10. The second kappa shape index (κ2) is 7.62. The number of β-amino-alcohol motifs (C(OH)–C–C–N with tert-alkyl or cyclic N) is 1. The Bertz CT molecular complexity index is 416. The first kappa shape index (κ1) is 17.0. The van der Waals surface area contributed by atoms with Crippen LogP contribution in [0.25, 0.3) is 0 Å². The van der Waals surface area contributed by atoms with Gasteiger partial charge in [0.2, 0.25) is 0 Å². The van der Waals surface area contributed by atoms with Gasteiger partial charge in [-0.05, 0) is 38.8 Å². The predicted octanol–water partition coefficient (Wildman–Crippen LogP) is 1.79. The molecule has 0 amide bonds. The number of aliphatic hydroxyl groups is 2. The van der Waals surface area contributed by atoms with Gasteiger partial charge < -0.3 is 20.3 Å². The zero-order valence-corrected chi connectivity index (χ0v) is 12.9. The lowest BCUT2D eigenvalue weighted by Gasteiger charge is -2.28. The molecule has 0 aliphatic heterocycles. The van der Waals surface area contributed by atoms with Gasteiger partial charge in [-0.3, -0.25) is 0 Å². The van der Waals surface area contributed by atoms with Gasteiger partial charge in [0, 0.05) is 12.1 Å². The Kier molecular flexibility index (Phi) is 6.46. The topological polar surface area (TPSA) is 61.7 Å². The van der Waals surface area contributed by atoms with Crippen LogP contribution in [0.1, 0.15) is 31.4 Å². The fourth-order valence-electron chi connectivity index (χ4n) is 1.86. The number of nitrogens with one attached hydrogen (secondary N) is 1. The molecule has 1 rings (SSSR count). The van der Waals surface area contributed by atoms with Crippen molar-refractivity contribution in [2.75, 3.05) is 19.8 Å². The molecule has 114 valence electrons. The molecule has 20 heavy (non-hydrogen) atoms. The summed E-state index contributed by atoms with van der Waals surface area (Å²) in [5.74, 6) is 0.801. The molecule has 4 heteroatoms. The van der Waals surface area contributed by atoms with Crippen LogP contribution in [0.5, 0.6) is 5.75 Å². The third-order valence-corrected chi connectivity index (χ3v) is 3.66. The van der Waals surface area contributed by atoms with E-state index in [1.54, 1.807) is 0 Å². The lowest BCUT2D eigenvalue weighted by Crippen LogP contribution is -2.49. The van der Waals surface area contributed by atoms with E-state index in [1.165, 1.54) is 5.56 Å². The summed E-state index contributed by atoms with van der Waals surface area (Å²) in [5.41, 5.74) is 1.92. The predicted molar refractivity (Wildman–Crippen MR) is 81.2 cm³/mol. The van der Waals surface area contributed by atoms with E-state index in [9.17, 15) is 10.2 Å². The Balaban J connectivity index is 2.41. The van der Waals surface area contributed by atoms with Crippen molar-refractivity contribution in [1.29, 1.82) is 0 Å². The highest BCUT2D eigenvalue weighted by molar-refractivity contribution is 5.35. The minimum atomic E-state index is -0.604. The molecule has 0 saturated carbocycles. The van der Waals surface area contributed by atoms with Gasteiger partial charge >= 0.3 is 0 Å². The molecular weight excluding hydrogens is 254 g/mol. The first-order valence-corrected chi connectivity index (χ1v) is 7.14. The molecule has 0 spiro atoms. The summed E-state index contributed by atoms with van der Waals surface area (Å²) in [6.45, 7) is 8.65. The van der Waals surface area contributed by atoms with Crippen molar-refractivity contribution in [1.82, 2.24) is 5.32 Å². The molecule has 0 saturated heterocycles. The second-order valence-corrected chi connectivity index (χ2v) is 5.69. The van der Waals surface area contributed by atoms with Crippen LogP contribution in [0.15, 0.2) is 18.2 Å². The maximum Gasteiger partial charge on any atom is 0.122 e. The van der Waals surface area contributed by atoms with E-state index in [1.807, 2.05) is 39.8 Å². The van der Waals surface area contributed by atoms with Crippen LogP contribution in [0.2, 0.25) is 0 Å². The van der Waals surface area contributed by atoms with Crippen molar-refractivity contribution in [2.24, 2.45) is 0 Å². The number of rotatable bonds is 8. The average molecular weight is 281 g/mol. The molecule has 0 aliphatic carbocycles. The lowest BCUT2D eigenvalue weighted by atomic mass is 10.0. The van der Waals surface area contributed by atoms with Crippen molar-refractivity contribution in [3.63, 3.8) is 0 Å². The van der Waals surface area contributed by atoms with E-state index < -0.39 is 6.10 Å². The molecule has 0 heterocycles. The molecule has 1 aromatic rings. The number of ether oxygens (including phenoxy) is 1. The monoisotopic (exact) mass is 281 g/mol. The maximum absolute atomic E-state index is 9.94. The number of aryl methyl sites for hydroxylation is 2. The Morgan fingerprint density at radius 2 is 2.05 bits per heavy atom. The van der Waals surface area contributed by atoms with E-state index >= 15 is 0 Å². The van der Waals surface area contributed by atoms with Crippen molar-refractivity contribution in [3.05, 3.63) is 29.3 Å². The van der Waals surface area contributed by atoms with Crippen LogP contribution in [0.4, 0.5) is 0 Å². The van der Waals surface area contributed by atoms with Crippen LogP contribution in [-0.4, -0.2) is 41.6 Å². The summed E-state index contributed by atoms with van der Waals surface area (Å²) in [6.07, 6.45) is 0.196. The van der Waals surface area contributed by atoms with Crippen LogP contribution in [0.3, 0.4) is 0 Å². The van der Waals surface area contributed by atoms with E-state index in [0.717, 1.165) is 17.7 Å². The van der Waals surface area contributed by atoms with Gasteiger partial charge in [-0.15, -0.1) is 0 Å². The first-order chi connectivity index (χ1) is 9.40. The molecular formula is C16H27NO3. The Labute approximate surface area is 121 Å². The average Bonchev–Trinajstić information content (AvgIpc) is 2.44. The van der Waals surface area contributed by atoms with Gasteiger partial charge in [0.15, 0.2) is 0 Å². The fraction of sp³-hybridized carbons (Fsp3) is 0.625. The summed E-state index contributed by atoms with van der Waals surface area (Å²) >= 11 is 0. The van der Waals surface area contributed by atoms with Gasteiger partial charge in [-0.2, -0.15) is 0 Å². The maximum atomic E-state index is 9.94. The minimum absolute atomic E-state index is 0.0497. The summed E-state index contributed by atoms with van der Waals surface area (Å²) in [5, 5.41) is 22.4. The fourth-order valence-corrected chi connectivity index (χ4v) is 1.86. The van der Waals surface area contributed by atoms with E-state index in [-0.39, 0.29) is 18.8 Å². The summed E-state index contributed by atoms with van der Waals surface area (Å²) in [4.78, 5) is 0. The van der Waals surface area contributed by atoms with Crippen molar-refractivity contribution in [3.8, 4) is 5.75 Å². The third-order valence-electron chi connectivity index (χ3n) is 3.66. The third kappa shape index (κ3) is 5.12. The minimum Gasteiger partial charge on any atom is -0.491 e. The van der Waals surface area contributed by atoms with Gasteiger partial charge in [0.25, 0.3) is 0 Å². The molecule has 0 radical (unpaired) electrons. The molecule has 2 atom stereocenters. The molecule has 0 aliphatic rings.